The zero-order valence-electron chi connectivity index (χ0n) is 13.6. The molecule has 3 rings (SSSR count). The van der Waals surface area contributed by atoms with Crippen molar-refractivity contribution in [2.24, 2.45) is 0 Å². The number of hydrogen-bond acceptors (Lipinski definition) is 7. The number of nitrogens with one attached hydrogen (secondary N) is 2. The first kappa shape index (κ1) is 15.7. The Balaban J connectivity index is 1.83. The van der Waals surface area contributed by atoms with Crippen LogP contribution < -0.4 is 10.6 Å². The van der Waals surface area contributed by atoms with Crippen molar-refractivity contribution in [2.75, 3.05) is 10.6 Å². The van der Waals surface area contributed by atoms with Crippen LogP contribution in [0.15, 0.2) is 40.9 Å². The van der Waals surface area contributed by atoms with E-state index in [1.807, 2.05) is 26.0 Å². The van der Waals surface area contributed by atoms with E-state index < -0.39 is 0 Å². The van der Waals surface area contributed by atoms with Gasteiger partial charge >= 0.3 is 0 Å². The highest BCUT2D eigenvalue weighted by atomic mass is 16.5. The number of benzene rings is 1. The minimum Gasteiger partial charge on any atom is -0.360 e. The summed E-state index contributed by atoms with van der Waals surface area (Å²) in [5.41, 5.74) is 2.17. The molecule has 7 nitrogen and oxygen atoms in total. The summed E-state index contributed by atoms with van der Waals surface area (Å²) in [6, 6.07) is 10.8. The molecular formula is C17H17N5O2. The molecular weight excluding hydrogens is 306 g/mol. The zero-order chi connectivity index (χ0) is 17.1. The Bertz CT molecular complexity index is 888. The van der Waals surface area contributed by atoms with Crippen molar-refractivity contribution in [3.8, 4) is 0 Å². The summed E-state index contributed by atoms with van der Waals surface area (Å²) in [5, 5.41) is 10.1. The Kier molecular flexibility index (Phi) is 4.24. The minimum absolute atomic E-state index is 0.00701. The topological polar surface area (TPSA) is 92.9 Å². The lowest BCUT2D eigenvalue weighted by Crippen LogP contribution is -2.03. The standard InChI is InChI=1S/C17H17N5O2/c1-10-7-15(20-16-8-11(2)24-22-16)21-17(18-10)19-14-6-4-5-13(9-14)12(3)23/h4-9H,1-3H3,(H2,18,19,20,21,22). The summed E-state index contributed by atoms with van der Waals surface area (Å²) in [5.74, 6) is 2.32. The Morgan fingerprint density at radius 3 is 2.58 bits per heavy atom. The van der Waals surface area contributed by atoms with E-state index in [9.17, 15) is 4.79 Å². The molecule has 1 aromatic carbocycles. The maximum absolute atomic E-state index is 11.5. The highest BCUT2D eigenvalue weighted by molar-refractivity contribution is 5.95. The van der Waals surface area contributed by atoms with Crippen LogP contribution in [-0.2, 0) is 0 Å². The van der Waals surface area contributed by atoms with Gasteiger partial charge in [-0.1, -0.05) is 17.3 Å². The third-order valence-corrected chi connectivity index (χ3v) is 3.26. The van der Waals surface area contributed by atoms with Gasteiger partial charge in [0, 0.05) is 29.1 Å². The van der Waals surface area contributed by atoms with Gasteiger partial charge in [0.1, 0.15) is 11.6 Å². The van der Waals surface area contributed by atoms with Crippen LogP contribution in [0.5, 0.6) is 0 Å². The number of carbonyl (C=O) groups is 1. The number of anilines is 4. The number of hydrogen-bond donors (Lipinski definition) is 2. The van der Waals surface area contributed by atoms with Crippen LogP contribution in [-0.4, -0.2) is 20.9 Å². The van der Waals surface area contributed by atoms with Crippen molar-refractivity contribution in [3.63, 3.8) is 0 Å². The highest BCUT2D eigenvalue weighted by Gasteiger charge is 2.07. The summed E-state index contributed by atoms with van der Waals surface area (Å²) in [6.07, 6.45) is 0. The number of carbonyl (C=O) groups excluding carboxylic acids is 1. The molecule has 0 saturated carbocycles. The molecule has 0 aliphatic heterocycles. The molecule has 0 aliphatic carbocycles. The van der Waals surface area contributed by atoms with Gasteiger partial charge in [0.2, 0.25) is 5.95 Å². The van der Waals surface area contributed by atoms with Crippen LogP contribution in [0.2, 0.25) is 0 Å². The highest BCUT2D eigenvalue weighted by Crippen LogP contribution is 2.20. The van der Waals surface area contributed by atoms with Gasteiger partial charge in [0.25, 0.3) is 0 Å². The van der Waals surface area contributed by atoms with Gasteiger partial charge < -0.3 is 15.2 Å². The Morgan fingerprint density at radius 2 is 1.88 bits per heavy atom. The first-order valence-electron chi connectivity index (χ1n) is 7.43. The van der Waals surface area contributed by atoms with Gasteiger partial charge in [0.05, 0.1) is 0 Å². The van der Waals surface area contributed by atoms with Crippen molar-refractivity contribution in [2.45, 2.75) is 20.8 Å². The second kappa shape index (κ2) is 6.49. The third-order valence-electron chi connectivity index (χ3n) is 3.26. The van der Waals surface area contributed by atoms with Crippen LogP contribution in [0.1, 0.15) is 28.7 Å². The molecule has 2 N–H and O–H groups in total. The molecule has 24 heavy (non-hydrogen) atoms. The summed E-state index contributed by atoms with van der Waals surface area (Å²) in [7, 11) is 0. The number of aryl methyl sites for hydroxylation is 2. The Hall–Kier alpha value is -3.22. The maximum atomic E-state index is 11.5. The van der Waals surface area contributed by atoms with Gasteiger partial charge in [-0.2, -0.15) is 4.98 Å². The molecule has 0 unspecified atom stereocenters. The largest absolute Gasteiger partial charge is 0.360 e. The maximum Gasteiger partial charge on any atom is 0.229 e. The van der Waals surface area contributed by atoms with Crippen molar-refractivity contribution in [1.82, 2.24) is 15.1 Å². The van der Waals surface area contributed by atoms with Crippen LogP contribution >= 0.6 is 0 Å². The van der Waals surface area contributed by atoms with Crippen LogP contribution in [0.4, 0.5) is 23.3 Å². The summed E-state index contributed by atoms with van der Waals surface area (Å²) >= 11 is 0. The summed E-state index contributed by atoms with van der Waals surface area (Å²) in [4.78, 5) is 20.2. The molecule has 0 saturated heterocycles. The lowest BCUT2D eigenvalue weighted by Gasteiger charge is -2.09. The molecule has 0 spiro atoms. The minimum atomic E-state index is 0.00701. The van der Waals surface area contributed by atoms with Crippen LogP contribution in [0.25, 0.3) is 0 Å². The third kappa shape index (κ3) is 3.75. The summed E-state index contributed by atoms with van der Waals surface area (Å²) in [6.45, 7) is 5.22. The molecule has 0 atom stereocenters. The Labute approximate surface area is 139 Å². The molecule has 122 valence electrons. The second-order valence-electron chi connectivity index (χ2n) is 5.43. The van der Waals surface area contributed by atoms with Crippen molar-refractivity contribution >= 4 is 29.1 Å². The lowest BCUT2D eigenvalue weighted by molar-refractivity contribution is 0.101. The predicted molar refractivity (Wildman–Crippen MR) is 91.0 cm³/mol. The van der Waals surface area contributed by atoms with E-state index in [4.69, 9.17) is 4.52 Å². The monoisotopic (exact) mass is 323 g/mol. The normalized spacial score (nSPS) is 10.5. The van der Waals surface area contributed by atoms with E-state index in [1.165, 1.54) is 6.92 Å². The predicted octanol–water partition coefficient (Wildman–Crippen LogP) is 3.77. The van der Waals surface area contributed by atoms with Crippen LogP contribution in [0.3, 0.4) is 0 Å². The number of rotatable bonds is 5. The molecule has 2 heterocycles. The van der Waals surface area contributed by atoms with Gasteiger partial charge in [-0.3, -0.25) is 4.79 Å². The van der Waals surface area contributed by atoms with Crippen molar-refractivity contribution in [3.05, 3.63) is 53.4 Å². The van der Waals surface area contributed by atoms with E-state index in [-0.39, 0.29) is 5.78 Å². The molecule has 3 aromatic rings. The molecule has 0 aliphatic rings. The first-order valence-corrected chi connectivity index (χ1v) is 7.43. The average Bonchev–Trinajstić information content (AvgIpc) is 2.92. The van der Waals surface area contributed by atoms with Crippen molar-refractivity contribution in [1.29, 1.82) is 0 Å². The SMILES string of the molecule is CC(=O)c1cccc(Nc2nc(C)cc(Nc3cc(C)on3)n2)c1. The zero-order valence-corrected chi connectivity index (χ0v) is 13.6. The second-order valence-corrected chi connectivity index (χ2v) is 5.43. The van der Waals surface area contributed by atoms with E-state index in [0.29, 0.717) is 28.9 Å². The quantitative estimate of drug-likeness (QED) is 0.690. The van der Waals surface area contributed by atoms with Crippen molar-refractivity contribution < 1.29 is 9.32 Å². The molecule has 0 radical (unpaired) electrons. The van der Waals surface area contributed by atoms with E-state index in [0.717, 1.165) is 11.4 Å². The number of nitrogens with zero attached hydrogens (tertiary/aromatic N) is 3. The number of ketones is 1. The van der Waals surface area contributed by atoms with E-state index in [1.54, 1.807) is 24.3 Å². The van der Waals surface area contributed by atoms with Gasteiger partial charge in [-0.05, 0) is 32.9 Å². The molecule has 0 amide bonds. The molecule has 7 heteroatoms. The fraction of sp³-hybridized carbons (Fsp3) is 0.176. The molecule has 0 bridgehead atoms. The van der Waals surface area contributed by atoms with Gasteiger partial charge in [-0.15, -0.1) is 0 Å². The summed E-state index contributed by atoms with van der Waals surface area (Å²) < 4.78 is 5.02. The fourth-order valence-corrected chi connectivity index (χ4v) is 2.19. The van der Waals surface area contributed by atoms with E-state index in [2.05, 4.69) is 25.8 Å². The Morgan fingerprint density at radius 1 is 1.04 bits per heavy atom. The fourth-order valence-electron chi connectivity index (χ4n) is 2.19. The van der Waals surface area contributed by atoms with Gasteiger partial charge in [-0.25, -0.2) is 4.98 Å². The lowest BCUT2D eigenvalue weighted by atomic mass is 10.1. The smallest absolute Gasteiger partial charge is 0.229 e. The average molecular weight is 323 g/mol. The van der Waals surface area contributed by atoms with E-state index >= 15 is 0 Å². The molecule has 0 fully saturated rings. The number of aromatic nitrogens is 3. The first-order chi connectivity index (χ1) is 11.5. The number of Topliss-reactive ketones (excluding diaryl/α,β-unsaturated/α-hetero) is 1. The van der Waals surface area contributed by atoms with Gasteiger partial charge in [0.15, 0.2) is 11.6 Å². The molecule has 2 aromatic heterocycles. The van der Waals surface area contributed by atoms with Crippen LogP contribution in [0, 0.1) is 13.8 Å².